The van der Waals surface area contributed by atoms with Crippen LogP contribution >= 0.6 is 24.0 Å². The Bertz CT molecular complexity index is 363. The Morgan fingerprint density at radius 3 is 3.07 bits per heavy atom. The third-order valence-electron chi connectivity index (χ3n) is 1.90. The number of carboxylic acid groups (broad SMARTS) is 1. The summed E-state index contributed by atoms with van der Waals surface area (Å²) in [5.41, 5.74) is 0. The van der Waals surface area contributed by atoms with Gasteiger partial charge in [-0.25, -0.2) is 4.79 Å². The lowest BCUT2D eigenvalue weighted by atomic mass is 10.1. The van der Waals surface area contributed by atoms with Gasteiger partial charge < -0.3 is 14.8 Å². The van der Waals surface area contributed by atoms with Crippen molar-refractivity contribution in [2.75, 3.05) is 0 Å². The number of thiocarbonyl (C=S) groups is 1. The third kappa shape index (κ3) is 1.62. The smallest absolute Gasteiger partial charge is 0.327 e. The van der Waals surface area contributed by atoms with Gasteiger partial charge >= 0.3 is 5.97 Å². The lowest BCUT2D eigenvalue weighted by Crippen LogP contribution is -2.35. The first kappa shape index (κ1) is 9.54. The lowest BCUT2D eigenvalue weighted by Gasteiger charge is -2.10. The summed E-state index contributed by atoms with van der Waals surface area (Å²) < 4.78 is 5.66. The summed E-state index contributed by atoms with van der Waals surface area (Å²) in [7, 11) is 0. The van der Waals surface area contributed by atoms with E-state index in [-0.39, 0.29) is 5.25 Å². The molecule has 0 aliphatic carbocycles. The van der Waals surface area contributed by atoms with Crippen LogP contribution in [-0.4, -0.2) is 21.4 Å². The van der Waals surface area contributed by atoms with Crippen LogP contribution < -0.4 is 5.32 Å². The molecule has 0 saturated carbocycles. The molecular weight excluding hydrogens is 222 g/mol. The first-order valence-electron chi connectivity index (χ1n) is 3.92. The normalized spacial score (nSPS) is 26.1. The number of hydrogen-bond donors (Lipinski definition) is 2. The van der Waals surface area contributed by atoms with E-state index in [1.807, 2.05) is 0 Å². The van der Waals surface area contributed by atoms with Gasteiger partial charge in [0.25, 0.3) is 0 Å². The van der Waals surface area contributed by atoms with E-state index in [1.54, 1.807) is 12.1 Å². The van der Waals surface area contributed by atoms with Gasteiger partial charge in [0.05, 0.1) is 6.26 Å². The predicted octanol–water partition coefficient (Wildman–Crippen LogP) is 1.40. The number of carboxylic acids is 1. The Hall–Kier alpha value is -1.01. The Morgan fingerprint density at radius 2 is 2.50 bits per heavy atom. The minimum Gasteiger partial charge on any atom is -0.480 e. The molecule has 1 aromatic rings. The highest BCUT2D eigenvalue weighted by Gasteiger charge is 2.39. The van der Waals surface area contributed by atoms with Crippen LogP contribution in [0.2, 0.25) is 0 Å². The average Bonchev–Trinajstić information content (AvgIpc) is 2.70. The van der Waals surface area contributed by atoms with Crippen LogP contribution in [0.5, 0.6) is 0 Å². The van der Waals surface area contributed by atoms with Gasteiger partial charge in [0.1, 0.15) is 21.4 Å². The molecule has 74 valence electrons. The second kappa shape index (κ2) is 3.62. The zero-order chi connectivity index (χ0) is 10.1. The van der Waals surface area contributed by atoms with Gasteiger partial charge in [0, 0.05) is 0 Å². The molecule has 2 N–H and O–H groups in total. The molecule has 0 radical (unpaired) electrons. The number of aliphatic carboxylic acids is 1. The standard InChI is InChI=1S/C8H7NO3S2/c10-7(11)5-6(14-8(13)9-5)4-2-1-3-12-4/h1-3,5-6H,(H,9,13)(H,10,11). The summed E-state index contributed by atoms with van der Waals surface area (Å²) >= 11 is 6.22. The van der Waals surface area contributed by atoms with Gasteiger partial charge in [0.15, 0.2) is 0 Å². The molecule has 4 nitrogen and oxygen atoms in total. The van der Waals surface area contributed by atoms with Gasteiger partial charge in [-0.05, 0) is 12.1 Å². The number of hydrogen-bond acceptors (Lipinski definition) is 4. The molecular formula is C8H7NO3S2. The molecule has 1 aromatic heterocycles. The Labute approximate surface area is 89.7 Å². The van der Waals surface area contributed by atoms with Crippen molar-refractivity contribution < 1.29 is 14.3 Å². The Morgan fingerprint density at radius 1 is 1.71 bits per heavy atom. The van der Waals surface area contributed by atoms with E-state index in [0.29, 0.717) is 10.1 Å². The van der Waals surface area contributed by atoms with E-state index in [0.717, 1.165) is 0 Å². The molecule has 0 bridgehead atoms. The highest BCUT2D eigenvalue weighted by molar-refractivity contribution is 8.23. The van der Waals surface area contributed by atoms with Gasteiger partial charge in [0.2, 0.25) is 0 Å². The molecule has 1 aliphatic heterocycles. The van der Waals surface area contributed by atoms with E-state index in [4.69, 9.17) is 21.7 Å². The second-order valence-corrected chi connectivity index (χ2v) is 4.62. The van der Waals surface area contributed by atoms with Crippen molar-refractivity contribution >= 4 is 34.3 Å². The maximum absolute atomic E-state index is 10.9. The van der Waals surface area contributed by atoms with Gasteiger partial charge in [-0.1, -0.05) is 24.0 Å². The molecule has 6 heteroatoms. The number of nitrogens with one attached hydrogen (secondary N) is 1. The third-order valence-corrected chi connectivity index (χ3v) is 3.40. The van der Waals surface area contributed by atoms with Gasteiger partial charge in [-0.15, -0.1) is 0 Å². The number of rotatable bonds is 2. The van der Waals surface area contributed by atoms with Gasteiger partial charge in [-0.2, -0.15) is 0 Å². The van der Waals surface area contributed by atoms with E-state index in [2.05, 4.69) is 5.32 Å². The van der Waals surface area contributed by atoms with Crippen LogP contribution in [0, 0.1) is 0 Å². The van der Waals surface area contributed by atoms with Crippen molar-refractivity contribution in [2.45, 2.75) is 11.3 Å². The molecule has 14 heavy (non-hydrogen) atoms. The maximum atomic E-state index is 10.9. The largest absolute Gasteiger partial charge is 0.480 e. The average molecular weight is 229 g/mol. The van der Waals surface area contributed by atoms with Gasteiger partial charge in [-0.3, -0.25) is 0 Å². The van der Waals surface area contributed by atoms with E-state index < -0.39 is 12.0 Å². The highest BCUT2D eigenvalue weighted by atomic mass is 32.2. The van der Waals surface area contributed by atoms with E-state index >= 15 is 0 Å². The SMILES string of the molecule is O=C(O)C1NC(=S)SC1c1ccco1. The van der Waals surface area contributed by atoms with Crippen LogP contribution in [0.15, 0.2) is 22.8 Å². The highest BCUT2D eigenvalue weighted by Crippen LogP contribution is 2.38. The van der Waals surface area contributed by atoms with E-state index in [1.165, 1.54) is 18.0 Å². The fourth-order valence-corrected chi connectivity index (χ4v) is 2.72. The van der Waals surface area contributed by atoms with Crippen molar-refractivity contribution in [3.63, 3.8) is 0 Å². The number of carbonyl (C=O) groups is 1. The van der Waals surface area contributed by atoms with Crippen molar-refractivity contribution in [3.05, 3.63) is 24.2 Å². The molecule has 2 heterocycles. The van der Waals surface area contributed by atoms with Crippen LogP contribution in [0.1, 0.15) is 11.0 Å². The summed E-state index contributed by atoms with van der Waals surface area (Å²) in [5, 5.41) is 11.4. The fourth-order valence-electron chi connectivity index (χ4n) is 1.29. The summed E-state index contributed by atoms with van der Waals surface area (Å²) in [6.45, 7) is 0. The molecule has 2 rings (SSSR count). The molecule has 2 unspecified atom stereocenters. The molecule has 2 atom stereocenters. The predicted molar refractivity (Wildman–Crippen MR) is 56.2 cm³/mol. The molecule has 1 saturated heterocycles. The van der Waals surface area contributed by atoms with Crippen molar-refractivity contribution in [1.82, 2.24) is 5.32 Å². The zero-order valence-electron chi connectivity index (χ0n) is 6.97. The zero-order valence-corrected chi connectivity index (χ0v) is 8.60. The van der Waals surface area contributed by atoms with Crippen LogP contribution in [-0.2, 0) is 4.79 Å². The minimum absolute atomic E-state index is 0.269. The summed E-state index contributed by atoms with van der Waals surface area (Å²) in [6.07, 6.45) is 1.52. The molecule has 1 fully saturated rings. The topological polar surface area (TPSA) is 62.5 Å². The first-order chi connectivity index (χ1) is 6.68. The van der Waals surface area contributed by atoms with Crippen molar-refractivity contribution in [1.29, 1.82) is 0 Å². The maximum Gasteiger partial charge on any atom is 0.327 e. The lowest BCUT2D eigenvalue weighted by molar-refractivity contribution is -0.139. The van der Waals surface area contributed by atoms with Crippen molar-refractivity contribution in [2.24, 2.45) is 0 Å². The second-order valence-electron chi connectivity index (χ2n) is 2.80. The van der Waals surface area contributed by atoms with Crippen LogP contribution in [0.3, 0.4) is 0 Å². The van der Waals surface area contributed by atoms with Crippen LogP contribution in [0.4, 0.5) is 0 Å². The number of furan rings is 1. The molecule has 1 aliphatic rings. The fraction of sp³-hybridized carbons (Fsp3) is 0.250. The molecule has 0 aromatic carbocycles. The minimum atomic E-state index is -0.918. The summed E-state index contributed by atoms with van der Waals surface area (Å²) in [5.74, 6) is -0.284. The Kier molecular flexibility index (Phi) is 2.47. The molecule has 0 amide bonds. The summed E-state index contributed by atoms with van der Waals surface area (Å²) in [4.78, 5) is 10.9. The number of thioether (sulfide) groups is 1. The first-order valence-corrected chi connectivity index (χ1v) is 5.20. The van der Waals surface area contributed by atoms with Crippen LogP contribution in [0.25, 0.3) is 0 Å². The molecule has 0 spiro atoms. The van der Waals surface area contributed by atoms with Crippen molar-refractivity contribution in [3.8, 4) is 0 Å². The summed E-state index contributed by atoms with van der Waals surface area (Å²) in [6, 6.07) is 2.79. The Balaban J connectivity index is 2.26. The monoisotopic (exact) mass is 229 g/mol. The van der Waals surface area contributed by atoms with E-state index in [9.17, 15) is 4.79 Å². The quantitative estimate of drug-likeness (QED) is 0.747.